The monoisotopic (exact) mass is 278 g/mol. The molecule has 0 saturated carbocycles. The molecule has 1 aromatic heterocycles. The quantitative estimate of drug-likeness (QED) is 0.747. The smallest absolute Gasteiger partial charge is 0.134 e. The fourth-order valence-corrected chi connectivity index (χ4v) is 1.92. The number of nitrogens with one attached hydrogen (secondary N) is 1. The molecule has 0 aliphatic rings. The Kier molecular flexibility index (Phi) is 7.34. The first-order chi connectivity index (χ1) is 9.56. The topological polar surface area (TPSA) is 41.0 Å². The van der Waals surface area contributed by atoms with Gasteiger partial charge in [-0.15, -0.1) is 0 Å². The third kappa shape index (κ3) is 5.76. The zero-order valence-corrected chi connectivity index (χ0v) is 13.7. The highest BCUT2D eigenvalue weighted by molar-refractivity contribution is 5.49. The lowest BCUT2D eigenvalue weighted by Gasteiger charge is -2.20. The van der Waals surface area contributed by atoms with E-state index in [1.807, 2.05) is 0 Å². The first-order valence-corrected chi connectivity index (χ1v) is 7.89. The lowest BCUT2D eigenvalue weighted by Crippen LogP contribution is -2.22. The molecule has 0 atom stereocenters. The van der Waals surface area contributed by atoms with E-state index >= 15 is 0 Å². The third-order valence-electron chi connectivity index (χ3n) is 3.22. The molecule has 1 heterocycles. The summed E-state index contributed by atoms with van der Waals surface area (Å²) in [5, 5.41) is 3.38. The van der Waals surface area contributed by atoms with E-state index in [0.717, 1.165) is 49.8 Å². The Bertz CT molecular complexity index is 390. The Morgan fingerprint density at radius 1 is 1.20 bits per heavy atom. The maximum atomic E-state index is 4.68. The molecule has 0 unspecified atom stereocenters. The van der Waals surface area contributed by atoms with Gasteiger partial charge in [-0.3, -0.25) is 0 Å². The minimum absolute atomic E-state index is 0.715. The first kappa shape index (κ1) is 16.7. The SMILES string of the molecule is CCCNc1cc(N(C)CCC(C)C)nc(CCC)n1. The van der Waals surface area contributed by atoms with E-state index in [1.165, 1.54) is 6.42 Å². The molecular weight excluding hydrogens is 248 g/mol. The van der Waals surface area contributed by atoms with E-state index in [9.17, 15) is 0 Å². The maximum absolute atomic E-state index is 4.68. The average Bonchev–Trinajstić information content (AvgIpc) is 2.42. The minimum atomic E-state index is 0.715. The highest BCUT2D eigenvalue weighted by Crippen LogP contribution is 2.17. The molecule has 0 aromatic carbocycles. The van der Waals surface area contributed by atoms with Crippen LogP contribution < -0.4 is 10.2 Å². The largest absolute Gasteiger partial charge is 0.370 e. The van der Waals surface area contributed by atoms with Gasteiger partial charge in [0.1, 0.15) is 17.5 Å². The van der Waals surface area contributed by atoms with E-state index in [-0.39, 0.29) is 0 Å². The summed E-state index contributed by atoms with van der Waals surface area (Å²) in [6.07, 6.45) is 4.30. The Morgan fingerprint density at radius 3 is 2.55 bits per heavy atom. The molecule has 20 heavy (non-hydrogen) atoms. The van der Waals surface area contributed by atoms with Crippen LogP contribution in [0.4, 0.5) is 11.6 Å². The molecule has 0 bridgehead atoms. The van der Waals surface area contributed by atoms with Crippen LogP contribution in [0.1, 0.15) is 52.8 Å². The highest BCUT2D eigenvalue weighted by atomic mass is 15.2. The Labute approximate surface area is 124 Å². The summed E-state index contributed by atoms with van der Waals surface area (Å²) in [6.45, 7) is 10.8. The van der Waals surface area contributed by atoms with Crippen molar-refractivity contribution in [2.45, 2.75) is 53.4 Å². The standard InChI is InChI=1S/C16H30N4/c1-6-8-14-18-15(17-10-7-2)12-16(19-14)20(5)11-9-13(3)4/h12-13H,6-11H2,1-5H3,(H,17,18,19). The summed E-state index contributed by atoms with van der Waals surface area (Å²) < 4.78 is 0. The Hall–Kier alpha value is -1.32. The van der Waals surface area contributed by atoms with Crippen molar-refractivity contribution in [1.29, 1.82) is 0 Å². The van der Waals surface area contributed by atoms with Crippen LogP contribution in [0.5, 0.6) is 0 Å². The van der Waals surface area contributed by atoms with Crippen LogP contribution in [-0.2, 0) is 6.42 Å². The molecule has 0 radical (unpaired) electrons. The van der Waals surface area contributed by atoms with Crippen molar-refractivity contribution in [3.05, 3.63) is 11.9 Å². The maximum Gasteiger partial charge on any atom is 0.134 e. The van der Waals surface area contributed by atoms with Crippen LogP contribution in [0.15, 0.2) is 6.07 Å². The van der Waals surface area contributed by atoms with Gasteiger partial charge in [-0.1, -0.05) is 27.7 Å². The second-order valence-electron chi connectivity index (χ2n) is 5.81. The Morgan fingerprint density at radius 2 is 1.95 bits per heavy atom. The fourth-order valence-electron chi connectivity index (χ4n) is 1.92. The molecule has 0 aliphatic heterocycles. The number of hydrogen-bond acceptors (Lipinski definition) is 4. The van der Waals surface area contributed by atoms with Crippen molar-refractivity contribution in [3.8, 4) is 0 Å². The van der Waals surface area contributed by atoms with E-state index < -0.39 is 0 Å². The molecule has 0 spiro atoms. The van der Waals surface area contributed by atoms with Gasteiger partial charge in [0.25, 0.3) is 0 Å². The van der Waals surface area contributed by atoms with Crippen LogP contribution in [0, 0.1) is 5.92 Å². The molecule has 1 rings (SSSR count). The molecular formula is C16H30N4. The van der Waals surface area contributed by atoms with Crippen molar-refractivity contribution < 1.29 is 0 Å². The van der Waals surface area contributed by atoms with Gasteiger partial charge < -0.3 is 10.2 Å². The summed E-state index contributed by atoms with van der Waals surface area (Å²) in [4.78, 5) is 11.5. The molecule has 114 valence electrons. The van der Waals surface area contributed by atoms with Gasteiger partial charge >= 0.3 is 0 Å². The molecule has 1 aromatic rings. The van der Waals surface area contributed by atoms with Gasteiger partial charge in [0.15, 0.2) is 0 Å². The second-order valence-corrected chi connectivity index (χ2v) is 5.81. The van der Waals surface area contributed by atoms with E-state index in [0.29, 0.717) is 5.92 Å². The minimum Gasteiger partial charge on any atom is -0.370 e. The second kappa shape index (κ2) is 8.77. The van der Waals surface area contributed by atoms with Crippen molar-refractivity contribution in [1.82, 2.24) is 9.97 Å². The van der Waals surface area contributed by atoms with Gasteiger partial charge in [-0.25, -0.2) is 9.97 Å². The van der Waals surface area contributed by atoms with Crippen molar-refractivity contribution in [3.63, 3.8) is 0 Å². The summed E-state index contributed by atoms with van der Waals surface area (Å²) in [5.74, 6) is 3.64. The van der Waals surface area contributed by atoms with Crippen molar-refractivity contribution in [2.24, 2.45) is 5.92 Å². The van der Waals surface area contributed by atoms with Gasteiger partial charge in [0, 0.05) is 32.6 Å². The molecule has 4 heteroatoms. The highest BCUT2D eigenvalue weighted by Gasteiger charge is 2.08. The number of aryl methyl sites for hydroxylation is 1. The first-order valence-electron chi connectivity index (χ1n) is 7.89. The number of anilines is 2. The van der Waals surface area contributed by atoms with Gasteiger partial charge in [-0.05, 0) is 25.2 Å². The van der Waals surface area contributed by atoms with Crippen LogP contribution in [0.2, 0.25) is 0 Å². The summed E-state index contributed by atoms with van der Waals surface area (Å²) in [7, 11) is 2.12. The zero-order chi connectivity index (χ0) is 15.0. The molecule has 1 N–H and O–H groups in total. The molecule has 0 aliphatic carbocycles. The lowest BCUT2D eigenvalue weighted by molar-refractivity contribution is 0.583. The van der Waals surface area contributed by atoms with Crippen LogP contribution >= 0.6 is 0 Å². The predicted molar refractivity (Wildman–Crippen MR) is 87.5 cm³/mol. The summed E-state index contributed by atoms with van der Waals surface area (Å²) in [5.41, 5.74) is 0. The summed E-state index contributed by atoms with van der Waals surface area (Å²) >= 11 is 0. The average molecular weight is 278 g/mol. The third-order valence-corrected chi connectivity index (χ3v) is 3.22. The number of aromatic nitrogens is 2. The van der Waals surface area contributed by atoms with E-state index in [1.54, 1.807) is 0 Å². The van der Waals surface area contributed by atoms with Crippen LogP contribution in [-0.4, -0.2) is 30.1 Å². The molecule has 0 amide bonds. The fraction of sp³-hybridized carbons (Fsp3) is 0.750. The molecule has 0 fully saturated rings. The van der Waals surface area contributed by atoms with Crippen molar-refractivity contribution in [2.75, 3.05) is 30.4 Å². The number of hydrogen-bond donors (Lipinski definition) is 1. The van der Waals surface area contributed by atoms with Crippen LogP contribution in [0.3, 0.4) is 0 Å². The van der Waals surface area contributed by atoms with E-state index in [2.05, 4.69) is 61.0 Å². The molecule has 4 nitrogen and oxygen atoms in total. The summed E-state index contributed by atoms with van der Waals surface area (Å²) in [6, 6.07) is 2.06. The van der Waals surface area contributed by atoms with Gasteiger partial charge in [0.2, 0.25) is 0 Å². The van der Waals surface area contributed by atoms with Gasteiger partial charge in [0.05, 0.1) is 0 Å². The lowest BCUT2D eigenvalue weighted by atomic mass is 10.1. The van der Waals surface area contributed by atoms with Gasteiger partial charge in [-0.2, -0.15) is 0 Å². The van der Waals surface area contributed by atoms with Crippen molar-refractivity contribution >= 4 is 11.6 Å². The number of nitrogens with zero attached hydrogens (tertiary/aromatic N) is 3. The Balaban J connectivity index is 2.83. The zero-order valence-electron chi connectivity index (χ0n) is 13.7. The molecule has 0 saturated heterocycles. The normalized spacial score (nSPS) is 10.9. The van der Waals surface area contributed by atoms with E-state index in [4.69, 9.17) is 0 Å². The number of rotatable bonds is 9. The predicted octanol–water partition coefficient (Wildman–Crippen LogP) is 3.73. The van der Waals surface area contributed by atoms with Crippen LogP contribution in [0.25, 0.3) is 0 Å².